The first kappa shape index (κ1) is 17.1. The third-order valence-corrected chi connectivity index (χ3v) is 6.26. The van der Waals surface area contributed by atoms with Crippen LogP contribution in [0.3, 0.4) is 0 Å². The minimum atomic E-state index is -3.68. The van der Waals surface area contributed by atoms with E-state index in [1.807, 2.05) is 30.6 Å². The van der Waals surface area contributed by atoms with E-state index >= 15 is 0 Å². The molecule has 1 aliphatic heterocycles. The van der Waals surface area contributed by atoms with Crippen LogP contribution in [0.1, 0.15) is 5.69 Å². The van der Waals surface area contributed by atoms with Crippen LogP contribution in [0.4, 0.5) is 0 Å². The zero-order valence-electron chi connectivity index (χ0n) is 14.0. The number of aryl methyl sites for hydroxylation is 1. The largest absolute Gasteiger partial charge is 0.486 e. The minimum absolute atomic E-state index is 0.107. The predicted molar refractivity (Wildman–Crippen MR) is 98.0 cm³/mol. The standard InChI is InChI=1S/C17H17N3O4S2/c1-20-14(17-3-2-8-25-17)9-12(19-20)11-18-26(21,22)13-4-5-15-16(10-13)24-7-6-23-15/h2-5,8-10,18H,6-7,11H2,1H3. The van der Waals surface area contributed by atoms with Crippen LogP contribution in [0, 0.1) is 0 Å². The fraction of sp³-hybridized carbons (Fsp3) is 0.235. The normalized spacial score (nSPS) is 13.7. The van der Waals surface area contributed by atoms with Gasteiger partial charge in [0.05, 0.1) is 27.7 Å². The number of sulfonamides is 1. The zero-order chi connectivity index (χ0) is 18.1. The predicted octanol–water partition coefficient (Wildman–Crippen LogP) is 2.40. The summed E-state index contributed by atoms with van der Waals surface area (Å²) in [5, 5.41) is 6.38. The molecule has 1 N–H and O–H groups in total. The van der Waals surface area contributed by atoms with Gasteiger partial charge in [-0.05, 0) is 29.6 Å². The summed E-state index contributed by atoms with van der Waals surface area (Å²) in [6.45, 7) is 0.975. The highest BCUT2D eigenvalue weighted by molar-refractivity contribution is 7.89. The number of benzene rings is 1. The Hall–Kier alpha value is -2.36. The lowest BCUT2D eigenvalue weighted by Gasteiger charge is -2.18. The molecule has 1 aromatic carbocycles. The van der Waals surface area contributed by atoms with E-state index in [1.165, 1.54) is 12.1 Å². The average molecular weight is 391 g/mol. The Morgan fingerprint density at radius 2 is 2.00 bits per heavy atom. The first-order valence-electron chi connectivity index (χ1n) is 7.99. The summed E-state index contributed by atoms with van der Waals surface area (Å²) in [7, 11) is -1.84. The quantitative estimate of drug-likeness (QED) is 0.722. The molecule has 3 heterocycles. The second-order valence-electron chi connectivity index (χ2n) is 5.75. The fourth-order valence-corrected chi connectivity index (χ4v) is 4.50. The molecular formula is C17H17N3O4S2. The number of ether oxygens (including phenoxy) is 2. The van der Waals surface area contributed by atoms with Crippen LogP contribution in [-0.4, -0.2) is 31.4 Å². The Kier molecular flexibility index (Phi) is 4.43. The van der Waals surface area contributed by atoms with E-state index in [0.29, 0.717) is 30.4 Å². The number of hydrogen-bond acceptors (Lipinski definition) is 6. The van der Waals surface area contributed by atoms with E-state index in [4.69, 9.17) is 9.47 Å². The van der Waals surface area contributed by atoms with Gasteiger partial charge in [-0.3, -0.25) is 4.68 Å². The summed E-state index contributed by atoms with van der Waals surface area (Å²) in [6, 6.07) is 10.5. The number of nitrogens with zero attached hydrogens (tertiary/aromatic N) is 2. The molecule has 0 saturated heterocycles. The Labute approximate surface area is 155 Å². The molecule has 0 bridgehead atoms. The van der Waals surface area contributed by atoms with Crippen molar-refractivity contribution in [3.63, 3.8) is 0 Å². The lowest BCUT2D eigenvalue weighted by Crippen LogP contribution is -2.24. The molecule has 136 valence electrons. The van der Waals surface area contributed by atoms with Crippen molar-refractivity contribution in [1.82, 2.24) is 14.5 Å². The summed E-state index contributed by atoms with van der Waals surface area (Å²) >= 11 is 1.61. The summed E-state index contributed by atoms with van der Waals surface area (Å²) in [5.41, 5.74) is 1.60. The number of fused-ring (bicyclic) bond motifs is 1. The van der Waals surface area contributed by atoms with E-state index in [0.717, 1.165) is 10.6 Å². The molecule has 1 aliphatic rings. The van der Waals surface area contributed by atoms with Crippen molar-refractivity contribution < 1.29 is 17.9 Å². The molecule has 0 radical (unpaired) electrons. The molecule has 0 fully saturated rings. The number of thiophene rings is 1. The average Bonchev–Trinajstić information content (AvgIpc) is 3.29. The molecule has 0 spiro atoms. The van der Waals surface area contributed by atoms with Gasteiger partial charge < -0.3 is 9.47 Å². The number of aromatic nitrogens is 2. The monoisotopic (exact) mass is 391 g/mol. The maximum Gasteiger partial charge on any atom is 0.241 e. The summed E-state index contributed by atoms with van der Waals surface area (Å²) in [4.78, 5) is 1.22. The molecule has 26 heavy (non-hydrogen) atoms. The number of hydrogen-bond donors (Lipinski definition) is 1. The van der Waals surface area contributed by atoms with E-state index < -0.39 is 10.0 Å². The summed E-state index contributed by atoms with van der Waals surface area (Å²) in [5.74, 6) is 0.998. The second kappa shape index (κ2) is 6.75. The van der Waals surface area contributed by atoms with Crippen LogP contribution in [0.5, 0.6) is 11.5 Å². The van der Waals surface area contributed by atoms with Crippen LogP contribution in [-0.2, 0) is 23.6 Å². The smallest absolute Gasteiger partial charge is 0.241 e. The summed E-state index contributed by atoms with van der Waals surface area (Å²) in [6.07, 6.45) is 0. The molecule has 9 heteroatoms. The molecule has 4 rings (SSSR count). The topological polar surface area (TPSA) is 82.5 Å². The van der Waals surface area contributed by atoms with Crippen molar-refractivity contribution in [2.24, 2.45) is 7.05 Å². The van der Waals surface area contributed by atoms with Crippen molar-refractivity contribution in [2.75, 3.05) is 13.2 Å². The molecular weight excluding hydrogens is 374 g/mol. The van der Waals surface area contributed by atoms with Crippen LogP contribution < -0.4 is 14.2 Å². The molecule has 0 amide bonds. The van der Waals surface area contributed by atoms with Crippen LogP contribution in [0.25, 0.3) is 10.6 Å². The highest BCUT2D eigenvalue weighted by atomic mass is 32.2. The van der Waals surface area contributed by atoms with Gasteiger partial charge in [0.1, 0.15) is 13.2 Å². The zero-order valence-corrected chi connectivity index (χ0v) is 15.6. The molecule has 7 nitrogen and oxygen atoms in total. The highest BCUT2D eigenvalue weighted by Gasteiger charge is 2.20. The lowest BCUT2D eigenvalue weighted by atomic mass is 10.3. The van der Waals surface area contributed by atoms with Gasteiger partial charge in [-0.2, -0.15) is 5.10 Å². The van der Waals surface area contributed by atoms with Gasteiger partial charge in [-0.1, -0.05) is 6.07 Å². The Balaban J connectivity index is 1.51. The molecule has 0 unspecified atom stereocenters. The third kappa shape index (κ3) is 3.33. The first-order valence-corrected chi connectivity index (χ1v) is 10.4. The Bertz CT molecular complexity index is 1030. The maximum absolute atomic E-state index is 12.6. The van der Waals surface area contributed by atoms with Crippen LogP contribution in [0.2, 0.25) is 0 Å². The van der Waals surface area contributed by atoms with Gasteiger partial charge in [-0.15, -0.1) is 11.3 Å². The van der Waals surface area contributed by atoms with Crippen molar-refractivity contribution in [2.45, 2.75) is 11.4 Å². The van der Waals surface area contributed by atoms with Gasteiger partial charge >= 0.3 is 0 Å². The van der Waals surface area contributed by atoms with E-state index in [1.54, 1.807) is 22.1 Å². The second-order valence-corrected chi connectivity index (χ2v) is 8.47. The van der Waals surface area contributed by atoms with Crippen molar-refractivity contribution in [3.8, 4) is 22.1 Å². The van der Waals surface area contributed by atoms with Crippen LogP contribution in [0.15, 0.2) is 46.7 Å². The minimum Gasteiger partial charge on any atom is -0.486 e. The Morgan fingerprint density at radius 1 is 1.19 bits per heavy atom. The first-order chi connectivity index (χ1) is 12.5. The van der Waals surface area contributed by atoms with E-state index in [9.17, 15) is 8.42 Å². The van der Waals surface area contributed by atoms with Gasteiger partial charge in [0.15, 0.2) is 11.5 Å². The number of nitrogens with one attached hydrogen (secondary N) is 1. The van der Waals surface area contributed by atoms with Gasteiger partial charge in [0.25, 0.3) is 0 Å². The van der Waals surface area contributed by atoms with Gasteiger partial charge in [0, 0.05) is 13.1 Å². The SMILES string of the molecule is Cn1nc(CNS(=O)(=O)c2ccc3c(c2)OCCO3)cc1-c1cccs1. The lowest BCUT2D eigenvalue weighted by molar-refractivity contribution is 0.171. The molecule has 2 aromatic heterocycles. The molecule has 0 atom stereocenters. The molecule has 3 aromatic rings. The fourth-order valence-electron chi connectivity index (χ4n) is 2.71. The molecule has 0 aliphatic carbocycles. The summed E-state index contributed by atoms with van der Waals surface area (Å²) < 4.78 is 40.4. The maximum atomic E-state index is 12.6. The molecule has 0 saturated carbocycles. The highest BCUT2D eigenvalue weighted by Crippen LogP contribution is 2.32. The van der Waals surface area contributed by atoms with Crippen LogP contribution >= 0.6 is 11.3 Å². The Morgan fingerprint density at radius 3 is 2.77 bits per heavy atom. The third-order valence-electron chi connectivity index (χ3n) is 3.97. The van der Waals surface area contributed by atoms with Gasteiger partial charge in [-0.25, -0.2) is 13.1 Å². The van der Waals surface area contributed by atoms with E-state index in [2.05, 4.69) is 9.82 Å². The van der Waals surface area contributed by atoms with Crippen molar-refractivity contribution >= 4 is 21.4 Å². The van der Waals surface area contributed by atoms with E-state index in [-0.39, 0.29) is 11.4 Å². The number of rotatable bonds is 5. The van der Waals surface area contributed by atoms with Crippen molar-refractivity contribution in [3.05, 3.63) is 47.5 Å². The van der Waals surface area contributed by atoms with Gasteiger partial charge in [0.2, 0.25) is 10.0 Å². The van der Waals surface area contributed by atoms with Crippen molar-refractivity contribution in [1.29, 1.82) is 0 Å².